The number of aliphatic carboxylic acids is 1. The lowest BCUT2D eigenvalue weighted by molar-refractivity contribution is -0.139. The lowest BCUT2D eigenvalue weighted by atomic mass is 9.90. The Labute approximate surface area is 231 Å². The summed E-state index contributed by atoms with van der Waals surface area (Å²) in [6.45, 7) is 5.68. The van der Waals surface area contributed by atoms with Gasteiger partial charge in [0.05, 0.1) is 6.10 Å². The summed E-state index contributed by atoms with van der Waals surface area (Å²) in [6.07, 6.45) is 10.4. The molecule has 2 atom stereocenters. The zero-order chi connectivity index (χ0) is 26.9. The Balaban J connectivity index is 1.46. The molecule has 1 saturated heterocycles. The summed E-state index contributed by atoms with van der Waals surface area (Å²) in [5.74, 6) is 0.0493. The fraction of sp³-hybridized carbons (Fsp3) is 0.548. The van der Waals surface area contributed by atoms with Gasteiger partial charge in [0.15, 0.2) is 0 Å². The van der Waals surface area contributed by atoms with Gasteiger partial charge in [-0.15, -0.1) is 0 Å². The van der Waals surface area contributed by atoms with Crippen LogP contribution in [-0.4, -0.2) is 65.7 Å². The summed E-state index contributed by atoms with van der Waals surface area (Å²) in [4.78, 5) is 27.5. The number of hydrogen-bond acceptors (Lipinski definition) is 5. The topological polar surface area (TPSA) is 78.9 Å². The molecule has 7 heteroatoms. The lowest BCUT2D eigenvalue weighted by Crippen LogP contribution is -2.41. The molecular formula is C31H42N2O4S. The number of benzene rings is 2. The smallest absolute Gasteiger partial charge is 0.326 e. The zero-order valence-electron chi connectivity index (χ0n) is 22.8. The van der Waals surface area contributed by atoms with Crippen LogP contribution in [0.25, 0.3) is 11.1 Å². The van der Waals surface area contributed by atoms with E-state index in [2.05, 4.69) is 16.3 Å². The van der Waals surface area contributed by atoms with Gasteiger partial charge in [-0.2, -0.15) is 11.8 Å². The van der Waals surface area contributed by atoms with Crippen LogP contribution in [0, 0.1) is 12.8 Å². The van der Waals surface area contributed by atoms with Crippen LogP contribution in [0.1, 0.15) is 66.4 Å². The molecule has 0 bridgehead atoms. The van der Waals surface area contributed by atoms with Gasteiger partial charge in [-0.3, -0.25) is 9.69 Å². The van der Waals surface area contributed by atoms with E-state index in [0.717, 1.165) is 60.8 Å². The van der Waals surface area contributed by atoms with Crippen LogP contribution < -0.4 is 5.32 Å². The third-order valence-corrected chi connectivity index (χ3v) is 8.55. The van der Waals surface area contributed by atoms with Crippen LogP contribution in [0.4, 0.5) is 0 Å². The number of ether oxygens (including phenoxy) is 1. The number of aryl methyl sites for hydroxylation is 1. The maximum atomic E-state index is 13.3. The standard InChI is InChI=1S/C31H42N2O4S/c1-22-8-6-7-11-26(22)28-18-24(12-13-27(28)30(34)32-29(31(35)36)15-17-38-2)19-33-16-14-25(20-33)37-21-23-9-4-3-5-10-23/h6-8,11-13,18,23,25,29H,3-5,9-10,14-17,19-21H2,1-2H3,(H,32,34)(H,35,36). The van der Waals surface area contributed by atoms with E-state index < -0.39 is 12.0 Å². The minimum atomic E-state index is -1.00. The predicted molar refractivity (Wildman–Crippen MR) is 155 cm³/mol. The van der Waals surface area contributed by atoms with Crippen molar-refractivity contribution in [1.82, 2.24) is 10.2 Å². The Bertz CT molecular complexity index is 1090. The zero-order valence-corrected chi connectivity index (χ0v) is 23.6. The first-order chi connectivity index (χ1) is 18.4. The van der Waals surface area contributed by atoms with Crippen molar-refractivity contribution in [2.24, 2.45) is 5.92 Å². The highest BCUT2D eigenvalue weighted by Crippen LogP contribution is 2.30. The molecule has 1 aliphatic heterocycles. The van der Waals surface area contributed by atoms with E-state index >= 15 is 0 Å². The van der Waals surface area contributed by atoms with Crippen LogP contribution in [0.3, 0.4) is 0 Å². The van der Waals surface area contributed by atoms with Gasteiger partial charge in [0, 0.05) is 31.8 Å². The Kier molecular flexibility index (Phi) is 10.7. The molecule has 2 N–H and O–H groups in total. The quantitative estimate of drug-likeness (QED) is 0.357. The van der Waals surface area contributed by atoms with E-state index in [1.807, 2.05) is 49.6 Å². The van der Waals surface area contributed by atoms with E-state index in [-0.39, 0.29) is 5.91 Å². The monoisotopic (exact) mass is 538 g/mol. The third-order valence-electron chi connectivity index (χ3n) is 7.91. The molecule has 1 aliphatic carbocycles. The highest BCUT2D eigenvalue weighted by Gasteiger charge is 2.26. The van der Waals surface area contributed by atoms with Crippen LogP contribution in [-0.2, 0) is 16.1 Å². The van der Waals surface area contributed by atoms with Gasteiger partial charge in [-0.05, 0) is 84.9 Å². The van der Waals surface area contributed by atoms with Crippen molar-refractivity contribution < 1.29 is 19.4 Å². The molecule has 2 aromatic rings. The number of carboxylic acids is 1. The summed E-state index contributed by atoms with van der Waals surface area (Å²) in [6, 6.07) is 13.1. The fourth-order valence-electron chi connectivity index (χ4n) is 5.68. The maximum absolute atomic E-state index is 13.3. The van der Waals surface area contributed by atoms with Crippen molar-refractivity contribution in [3.8, 4) is 11.1 Å². The van der Waals surface area contributed by atoms with Crippen LogP contribution >= 0.6 is 11.8 Å². The van der Waals surface area contributed by atoms with Gasteiger partial charge in [-0.1, -0.05) is 49.6 Å². The number of nitrogens with zero attached hydrogens (tertiary/aromatic N) is 1. The van der Waals surface area contributed by atoms with E-state index in [0.29, 0.717) is 23.8 Å². The summed E-state index contributed by atoms with van der Waals surface area (Å²) in [5, 5.41) is 12.4. The molecule has 38 heavy (non-hydrogen) atoms. The minimum Gasteiger partial charge on any atom is -0.480 e. The molecule has 1 saturated carbocycles. The fourth-order valence-corrected chi connectivity index (χ4v) is 6.15. The third kappa shape index (κ3) is 7.84. The SMILES string of the molecule is CSCCC(NC(=O)c1ccc(CN2CCC(OCC3CCCCC3)C2)cc1-c1ccccc1C)C(=O)O. The first kappa shape index (κ1) is 28.7. The van der Waals surface area contributed by atoms with Gasteiger partial charge in [0.2, 0.25) is 0 Å². The van der Waals surface area contributed by atoms with Crippen molar-refractivity contribution in [2.75, 3.05) is 31.7 Å². The number of thioether (sulfide) groups is 1. The van der Waals surface area contributed by atoms with Gasteiger partial charge in [-0.25, -0.2) is 4.79 Å². The lowest BCUT2D eigenvalue weighted by Gasteiger charge is -2.23. The van der Waals surface area contributed by atoms with E-state index in [9.17, 15) is 14.7 Å². The van der Waals surface area contributed by atoms with Crippen LogP contribution in [0.15, 0.2) is 42.5 Å². The number of carbonyl (C=O) groups excluding carboxylic acids is 1. The molecule has 206 valence electrons. The van der Waals surface area contributed by atoms with Gasteiger partial charge in [0.1, 0.15) is 6.04 Å². The van der Waals surface area contributed by atoms with Crippen LogP contribution in [0.2, 0.25) is 0 Å². The normalized spacial score (nSPS) is 19.4. The van der Waals surface area contributed by atoms with Crippen molar-refractivity contribution >= 4 is 23.6 Å². The number of carboxylic acid groups (broad SMARTS) is 1. The Morgan fingerprint density at radius 2 is 1.89 bits per heavy atom. The number of nitrogens with one attached hydrogen (secondary N) is 1. The highest BCUT2D eigenvalue weighted by molar-refractivity contribution is 7.98. The Morgan fingerprint density at radius 3 is 2.63 bits per heavy atom. The van der Waals surface area contributed by atoms with Gasteiger partial charge >= 0.3 is 5.97 Å². The second-order valence-corrected chi connectivity index (χ2v) is 11.8. The number of hydrogen-bond donors (Lipinski definition) is 2. The maximum Gasteiger partial charge on any atom is 0.326 e. The molecule has 2 unspecified atom stereocenters. The molecule has 0 aromatic heterocycles. The predicted octanol–water partition coefficient (Wildman–Crippen LogP) is 5.77. The summed E-state index contributed by atoms with van der Waals surface area (Å²) in [7, 11) is 0. The molecule has 0 spiro atoms. The molecule has 0 radical (unpaired) electrons. The molecule has 2 aliphatic rings. The second kappa shape index (κ2) is 14.2. The second-order valence-electron chi connectivity index (χ2n) is 10.8. The summed E-state index contributed by atoms with van der Waals surface area (Å²) < 4.78 is 6.31. The molecule has 1 amide bonds. The molecule has 4 rings (SSSR count). The first-order valence-electron chi connectivity index (χ1n) is 14.0. The number of rotatable bonds is 12. The summed E-state index contributed by atoms with van der Waals surface area (Å²) >= 11 is 1.57. The average molecular weight is 539 g/mol. The van der Waals surface area contributed by atoms with Crippen molar-refractivity contribution in [2.45, 2.75) is 70.6 Å². The number of amides is 1. The molecular weight excluding hydrogens is 496 g/mol. The van der Waals surface area contributed by atoms with Gasteiger partial charge in [0.25, 0.3) is 5.91 Å². The minimum absolute atomic E-state index is 0.298. The molecule has 1 heterocycles. The largest absolute Gasteiger partial charge is 0.480 e. The van der Waals surface area contributed by atoms with Crippen molar-refractivity contribution in [1.29, 1.82) is 0 Å². The Morgan fingerprint density at radius 1 is 1.11 bits per heavy atom. The number of likely N-dealkylation sites (tertiary alicyclic amines) is 1. The molecule has 2 fully saturated rings. The number of carbonyl (C=O) groups is 2. The summed E-state index contributed by atoms with van der Waals surface area (Å²) in [5.41, 5.74) is 4.56. The van der Waals surface area contributed by atoms with Crippen LogP contribution in [0.5, 0.6) is 0 Å². The van der Waals surface area contributed by atoms with E-state index in [1.54, 1.807) is 11.8 Å². The average Bonchev–Trinajstić information content (AvgIpc) is 3.37. The van der Waals surface area contributed by atoms with E-state index in [4.69, 9.17) is 4.74 Å². The highest BCUT2D eigenvalue weighted by atomic mass is 32.2. The Hall–Kier alpha value is -2.35. The first-order valence-corrected chi connectivity index (χ1v) is 15.4. The van der Waals surface area contributed by atoms with Crippen molar-refractivity contribution in [3.05, 3.63) is 59.2 Å². The van der Waals surface area contributed by atoms with E-state index in [1.165, 1.54) is 32.1 Å². The molecule has 2 aromatic carbocycles. The van der Waals surface area contributed by atoms with Gasteiger partial charge < -0.3 is 15.2 Å². The molecule has 6 nitrogen and oxygen atoms in total. The van der Waals surface area contributed by atoms with Crippen molar-refractivity contribution in [3.63, 3.8) is 0 Å².